The number of fused-ring (bicyclic) bond motifs is 1. The quantitative estimate of drug-likeness (QED) is 0.466. The van der Waals surface area contributed by atoms with Crippen LogP contribution in [0.1, 0.15) is 17.7 Å². The van der Waals surface area contributed by atoms with Crippen molar-refractivity contribution in [2.24, 2.45) is 0 Å². The number of rotatable bonds is 3. The zero-order chi connectivity index (χ0) is 22.2. The zero-order valence-electron chi connectivity index (χ0n) is 16.9. The number of urea groups is 1. The third-order valence-electron chi connectivity index (χ3n) is 5.23. The van der Waals surface area contributed by atoms with E-state index in [1.165, 1.54) is 0 Å². The van der Waals surface area contributed by atoms with Crippen molar-refractivity contribution in [2.45, 2.75) is 25.6 Å². The van der Waals surface area contributed by atoms with E-state index in [1.807, 2.05) is 36.1 Å². The van der Waals surface area contributed by atoms with Crippen LogP contribution in [0, 0.1) is 6.92 Å². The summed E-state index contributed by atoms with van der Waals surface area (Å²) in [5.41, 5.74) is 0.752. The van der Waals surface area contributed by atoms with E-state index in [9.17, 15) is 18.0 Å². The van der Waals surface area contributed by atoms with E-state index >= 15 is 0 Å². The second kappa shape index (κ2) is 9.50. The molecule has 0 bridgehead atoms. The number of halogens is 5. The summed E-state index contributed by atoms with van der Waals surface area (Å²) >= 11 is 3.18. The first-order valence-corrected chi connectivity index (χ1v) is 10.4. The predicted molar refractivity (Wildman–Crippen MR) is 123 cm³/mol. The van der Waals surface area contributed by atoms with Crippen molar-refractivity contribution in [3.8, 4) is 0 Å². The van der Waals surface area contributed by atoms with Gasteiger partial charge in [0.15, 0.2) is 0 Å². The second-order valence-corrected chi connectivity index (χ2v) is 8.21. The molecular formula is C21H20BrClF3N5O. The van der Waals surface area contributed by atoms with E-state index in [2.05, 4.69) is 36.5 Å². The Bertz CT molecular complexity index is 1140. The predicted octanol–water partition coefficient (Wildman–Crippen LogP) is 5.54. The highest BCUT2D eigenvalue weighted by atomic mass is 79.9. The van der Waals surface area contributed by atoms with Gasteiger partial charge >= 0.3 is 12.2 Å². The van der Waals surface area contributed by atoms with Crippen LogP contribution in [0.25, 0.3) is 10.8 Å². The fraction of sp³-hybridized carbons (Fsp3) is 0.286. The van der Waals surface area contributed by atoms with Gasteiger partial charge < -0.3 is 15.5 Å². The molecule has 1 aromatic carbocycles. The third kappa shape index (κ3) is 5.07. The maximum absolute atomic E-state index is 12.8. The van der Waals surface area contributed by atoms with Gasteiger partial charge in [-0.15, -0.1) is 12.4 Å². The molecule has 0 unspecified atom stereocenters. The monoisotopic (exact) mass is 529 g/mol. The van der Waals surface area contributed by atoms with Gasteiger partial charge in [0.25, 0.3) is 0 Å². The SMILES string of the molecule is Cc1nccc2c(NC(=O)N[C@@H]3CCN(c4ncc(C(F)(F)F)cc4Br)C3)cccc12.Cl. The summed E-state index contributed by atoms with van der Waals surface area (Å²) in [6.07, 6.45) is -1.27. The number of hydrogen-bond acceptors (Lipinski definition) is 4. The summed E-state index contributed by atoms with van der Waals surface area (Å²) in [6.45, 7) is 2.93. The summed E-state index contributed by atoms with van der Waals surface area (Å²) < 4.78 is 38.8. The van der Waals surface area contributed by atoms with Crippen molar-refractivity contribution >= 4 is 56.6 Å². The Labute approximate surface area is 197 Å². The first-order chi connectivity index (χ1) is 14.7. The molecule has 11 heteroatoms. The molecule has 170 valence electrons. The molecule has 1 aliphatic rings. The Hall–Kier alpha value is -2.59. The molecule has 2 N–H and O–H groups in total. The Morgan fingerprint density at radius 2 is 2.00 bits per heavy atom. The number of nitrogens with one attached hydrogen (secondary N) is 2. The van der Waals surface area contributed by atoms with Crippen molar-refractivity contribution in [3.05, 3.63) is 58.5 Å². The van der Waals surface area contributed by atoms with Crippen LogP contribution in [0.5, 0.6) is 0 Å². The number of carbonyl (C=O) groups excluding carboxylic acids is 1. The number of anilines is 2. The van der Waals surface area contributed by atoms with E-state index in [-0.39, 0.29) is 29.0 Å². The Kier molecular flexibility index (Phi) is 7.14. The fourth-order valence-corrected chi connectivity index (χ4v) is 4.29. The Balaban J connectivity index is 0.00000289. The second-order valence-electron chi connectivity index (χ2n) is 7.35. The van der Waals surface area contributed by atoms with Crippen LogP contribution in [0.3, 0.4) is 0 Å². The van der Waals surface area contributed by atoms with Gasteiger partial charge in [0.1, 0.15) is 5.82 Å². The van der Waals surface area contributed by atoms with Crippen LogP contribution >= 0.6 is 28.3 Å². The van der Waals surface area contributed by atoms with Crippen LogP contribution in [0.15, 0.2) is 47.2 Å². The van der Waals surface area contributed by atoms with Gasteiger partial charge in [-0.2, -0.15) is 13.2 Å². The highest BCUT2D eigenvalue weighted by molar-refractivity contribution is 9.10. The van der Waals surface area contributed by atoms with Crippen LogP contribution in [0.4, 0.5) is 29.5 Å². The van der Waals surface area contributed by atoms with E-state index < -0.39 is 11.7 Å². The number of aryl methyl sites for hydroxylation is 1. The fourth-order valence-electron chi connectivity index (χ4n) is 3.70. The minimum Gasteiger partial charge on any atom is -0.354 e. The lowest BCUT2D eigenvalue weighted by Gasteiger charge is -2.20. The van der Waals surface area contributed by atoms with E-state index in [4.69, 9.17) is 0 Å². The molecular weight excluding hydrogens is 511 g/mol. The normalized spacial score (nSPS) is 16.0. The number of nitrogens with zero attached hydrogens (tertiary/aromatic N) is 3. The maximum Gasteiger partial charge on any atom is 0.417 e. The Morgan fingerprint density at radius 1 is 1.22 bits per heavy atom. The molecule has 1 aliphatic heterocycles. The van der Waals surface area contributed by atoms with Crippen LogP contribution in [-0.4, -0.2) is 35.1 Å². The summed E-state index contributed by atoms with van der Waals surface area (Å²) in [6, 6.07) is 8.01. The average molecular weight is 531 g/mol. The van der Waals surface area contributed by atoms with Crippen LogP contribution < -0.4 is 15.5 Å². The van der Waals surface area contributed by atoms with Crippen LogP contribution in [0.2, 0.25) is 0 Å². The van der Waals surface area contributed by atoms with Crippen molar-refractivity contribution in [2.75, 3.05) is 23.3 Å². The van der Waals surface area contributed by atoms with Gasteiger partial charge in [0.2, 0.25) is 0 Å². The number of hydrogen-bond donors (Lipinski definition) is 2. The van der Waals surface area contributed by atoms with Gasteiger partial charge in [-0.3, -0.25) is 4.98 Å². The zero-order valence-corrected chi connectivity index (χ0v) is 19.3. The number of amides is 2. The molecule has 3 heterocycles. The number of pyridine rings is 2. The number of benzene rings is 1. The van der Waals surface area contributed by atoms with E-state index in [0.29, 0.717) is 31.0 Å². The first kappa shape index (κ1) is 24.1. The smallest absolute Gasteiger partial charge is 0.354 e. The van der Waals surface area contributed by atoms with Crippen molar-refractivity contribution in [3.63, 3.8) is 0 Å². The molecule has 32 heavy (non-hydrogen) atoms. The Morgan fingerprint density at radius 3 is 2.72 bits per heavy atom. The minimum atomic E-state index is -4.45. The van der Waals surface area contributed by atoms with E-state index in [0.717, 1.165) is 28.7 Å². The first-order valence-electron chi connectivity index (χ1n) is 9.62. The van der Waals surface area contributed by atoms with Gasteiger partial charge in [-0.1, -0.05) is 12.1 Å². The molecule has 4 rings (SSSR count). The topological polar surface area (TPSA) is 70.2 Å². The van der Waals surface area contributed by atoms with Crippen LogP contribution in [-0.2, 0) is 6.18 Å². The molecule has 1 saturated heterocycles. The lowest BCUT2D eigenvalue weighted by atomic mass is 10.1. The molecule has 6 nitrogen and oxygen atoms in total. The molecule has 2 aromatic heterocycles. The van der Waals surface area contributed by atoms with Crippen molar-refractivity contribution in [1.29, 1.82) is 0 Å². The van der Waals surface area contributed by atoms with Crippen molar-refractivity contribution in [1.82, 2.24) is 15.3 Å². The highest BCUT2D eigenvalue weighted by Crippen LogP contribution is 2.34. The minimum absolute atomic E-state index is 0. The average Bonchev–Trinajstić information content (AvgIpc) is 3.16. The number of carbonyl (C=O) groups is 1. The summed E-state index contributed by atoms with van der Waals surface area (Å²) in [5.74, 6) is 0.426. The lowest BCUT2D eigenvalue weighted by molar-refractivity contribution is -0.137. The largest absolute Gasteiger partial charge is 0.417 e. The molecule has 0 saturated carbocycles. The van der Waals surface area contributed by atoms with Crippen molar-refractivity contribution < 1.29 is 18.0 Å². The molecule has 0 radical (unpaired) electrons. The maximum atomic E-state index is 12.8. The molecule has 0 spiro atoms. The molecule has 1 fully saturated rings. The van der Waals surface area contributed by atoms with Gasteiger partial charge in [-0.25, -0.2) is 9.78 Å². The van der Waals surface area contributed by atoms with E-state index in [1.54, 1.807) is 6.20 Å². The van der Waals surface area contributed by atoms with Gasteiger partial charge in [0, 0.05) is 48.0 Å². The summed E-state index contributed by atoms with van der Waals surface area (Å²) in [4.78, 5) is 22.6. The molecule has 1 atom stereocenters. The molecule has 3 aromatic rings. The lowest BCUT2D eigenvalue weighted by Crippen LogP contribution is -2.39. The number of aromatic nitrogens is 2. The van der Waals surface area contributed by atoms with Gasteiger partial charge in [0.05, 0.1) is 15.7 Å². The van der Waals surface area contributed by atoms with Gasteiger partial charge in [-0.05, 0) is 47.5 Å². The highest BCUT2D eigenvalue weighted by Gasteiger charge is 2.33. The third-order valence-corrected chi connectivity index (χ3v) is 5.81. The number of alkyl halides is 3. The summed E-state index contributed by atoms with van der Waals surface area (Å²) in [5, 5.41) is 7.68. The molecule has 2 amide bonds. The summed E-state index contributed by atoms with van der Waals surface area (Å²) in [7, 11) is 0. The standard InChI is InChI=1S/C21H19BrF3N5O.ClH/c1-12-15-3-2-4-18(16(15)5-7-26-12)29-20(31)28-14-6-8-30(11-14)19-17(22)9-13(10-27-19)21(23,24)25;/h2-5,7,9-10,14H,6,8,11H2,1H3,(H2,28,29,31);1H/t14-;/m1./s1. The molecule has 0 aliphatic carbocycles.